The number of anilines is 1. The van der Waals surface area contributed by atoms with Crippen LogP contribution in [0.15, 0.2) is 54.6 Å². The number of amides is 1. The molecular formula is C18H22N2O2S. The molecule has 3 N–H and O–H groups in total. The molecule has 23 heavy (non-hydrogen) atoms. The maximum absolute atomic E-state index is 12.4. The summed E-state index contributed by atoms with van der Waals surface area (Å²) >= 11 is 0. The van der Waals surface area contributed by atoms with Gasteiger partial charge in [0, 0.05) is 34.5 Å². The predicted octanol–water partition coefficient (Wildman–Crippen LogP) is 2.84. The Balaban J connectivity index is 2.05. The summed E-state index contributed by atoms with van der Waals surface area (Å²) in [6.45, 7) is 1.82. The van der Waals surface area contributed by atoms with Crippen molar-refractivity contribution in [1.82, 2.24) is 0 Å². The number of benzene rings is 2. The van der Waals surface area contributed by atoms with Crippen molar-refractivity contribution in [3.63, 3.8) is 0 Å². The molecule has 0 fully saturated rings. The van der Waals surface area contributed by atoms with Crippen LogP contribution in [0.4, 0.5) is 5.69 Å². The normalized spacial score (nSPS) is 14.7. The van der Waals surface area contributed by atoms with Crippen molar-refractivity contribution in [1.29, 1.82) is 0 Å². The molecule has 0 radical (unpaired) electrons. The van der Waals surface area contributed by atoms with Crippen LogP contribution >= 0.6 is 0 Å². The fourth-order valence-corrected chi connectivity index (χ4v) is 3.01. The van der Waals surface area contributed by atoms with Gasteiger partial charge in [-0.15, -0.1) is 0 Å². The molecule has 0 saturated heterocycles. The molecule has 3 atom stereocenters. The Morgan fingerprint density at radius 2 is 1.87 bits per heavy atom. The van der Waals surface area contributed by atoms with Crippen molar-refractivity contribution in [2.45, 2.75) is 18.7 Å². The highest BCUT2D eigenvalue weighted by Crippen LogP contribution is 2.21. The van der Waals surface area contributed by atoms with E-state index in [4.69, 9.17) is 5.73 Å². The van der Waals surface area contributed by atoms with Crippen molar-refractivity contribution < 1.29 is 9.00 Å². The van der Waals surface area contributed by atoms with E-state index in [1.165, 1.54) is 0 Å². The molecule has 3 unspecified atom stereocenters. The quantitative estimate of drug-likeness (QED) is 0.855. The molecule has 4 nitrogen and oxygen atoms in total. The number of hydrogen-bond donors (Lipinski definition) is 2. The fraction of sp³-hybridized carbons (Fsp3) is 0.278. The van der Waals surface area contributed by atoms with Gasteiger partial charge in [-0.3, -0.25) is 9.00 Å². The van der Waals surface area contributed by atoms with E-state index in [1.54, 1.807) is 6.26 Å². The third-order valence-corrected chi connectivity index (χ3v) is 4.44. The molecule has 2 rings (SSSR count). The average Bonchev–Trinajstić information content (AvgIpc) is 2.54. The maximum Gasteiger partial charge on any atom is 0.229 e. The minimum absolute atomic E-state index is 0.129. The van der Waals surface area contributed by atoms with Crippen LogP contribution in [0.3, 0.4) is 0 Å². The minimum Gasteiger partial charge on any atom is -0.326 e. The van der Waals surface area contributed by atoms with Gasteiger partial charge in [-0.1, -0.05) is 49.4 Å². The topological polar surface area (TPSA) is 72.2 Å². The van der Waals surface area contributed by atoms with E-state index in [1.807, 2.05) is 61.5 Å². The highest BCUT2D eigenvalue weighted by molar-refractivity contribution is 7.83. The molecule has 0 aliphatic heterocycles. The second kappa shape index (κ2) is 8.04. The number of hydrogen-bond acceptors (Lipinski definition) is 3. The van der Waals surface area contributed by atoms with Gasteiger partial charge >= 0.3 is 0 Å². The first-order chi connectivity index (χ1) is 11.0. The fourth-order valence-electron chi connectivity index (χ4n) is 2.36. The Hall–Kier alpha value is -1.98. The first-order valence-corrected chi connectivity index (χ1v) is 9.20. The summed E-state index contributed by atoms with van der Waals surface area (Å²) in [4.78, 5) is 12.4. The van der Waals surface area contributed by atoms with E-state index in [9.17, 15) is 9.00 Å². The molecule has 0 aliphatic rings. The molecule has 2 aromatic rings. The van der Waals surface area contributed by atoms with Gasteiger partial charge in [0.1, 0.15) is 0 Å². The largest absolute Gasteiger partial charge is 0.326 e. The van der Waals surface area contributed by atoms with Crippen LogP contribution < -0.4 is 11.1 Å². The number of carbonyl (C=O) groups is 1. The third kappa shape index (κ3) is 5.01. The molecule has 5 heteroatoms. The van der Waals surface area contributed by atoms with Crippen LogP contribution in [-0.2, 0) is 21.3 Å². The van der Waals surface area contributed by atoms with E-state index >= 15 is 0 Å². The summed E-state index contributed by atoms with van der Waals surface area (Å²) in [6.07, 6.45) is 1.66. The molecule has 122 valence electrons. The van der Waals surface area contributed by atoms with Gasteiger partial charge in [0.05, 0.1) is 5.92 Å². The van der Waals surface area contributed by atoms with Gasteiger partial charge in [-0.2, -0.15) is 0 Å². The van der Waals surface area contributed by atoms with Gasteiger partial charge in [-0.05, 0) is 23.3 Å². The van der Waals surface area contributed by atoms with Crippen molar-refractivity contribution in [3.05, 3.63) is 65.7 Å². The average molecular weight is 330 g/mol. The van der Waals surface area contributed by atoms with Crippen LogP contribution in [0.2, 0.25) is 0 Å². The smallest absolute Gasteiger partial charge is 0.229 e. The van der Waals surface area contributed by atoms with Gasteiger partial charge < -0.3 is 11.1 Å². The number of carbonyl (C=O) groups excluding carboxylic acids is 1. The summed E-state index contributed by atoms with van der Waals surface area (Å²) < 4.78 is 11.3. The molecule has 0 spiro atoms. The van der Waals surface area contributed by atoms with E-state index in [0.717, 1.165) is 11.1 Å². The molecule has 2 aromatic carbocycles. The summed E-state index contributed by atoms with van der Waals surface area (Å²) in [5.74, 6) is -0.0134. The van der Waals surface area contributed by atoms with Crippen LogP contribution in [0.5, 0.6) is 0 Å². The van der Waals surface area contributed by atoms with Crippen molar-refractivity contribution in [3.8, 4) is 0 Å². The van der Waals surface area contributed by atoms with E-state index in [0.29, 0.717) is 11.4 Å². The lowest BCUT2D eigenvalue weighted by molar-refractivity contribution is -0.120. The summed E-state index contributed by atoms with van der Waals surface area (Å²) in [5.41, 5.74) is 8.76. The molecule has 0 aliphatic carbocycles. The lowest BCUT2D eigenvalue weighted by Crippen LogP contribution is -2.30. The Kier molecular flexibility index (Phi) is 6.07. The van der Waals surface area contributed by atoms with E-state index in [2.05, 4.69) is 5.32 Å². The highest BCUT2D eigenvalue weighted by atomic mass is 32.2. The van der Waals surface area contributed by atoms with Crippen molar-refractivity contribution >= 4 is 22.4 Å². The predicted molar refractivity (Wildman–Crippen MR) is 95.4 cm³/mol. The molecule has 0 aromatic heterocycles. The van der Waals surface area contributed by atoms with Crippen LogP contribution in [0.25, 0.3) is 0 Å². The van der Waals surface area contributed by atoms with Crippen molar-refractivity contribution in [2.24, 2.45) is 11.7 Å². The first kappa shape index (κ1) is 17.4. The van der Waals surface area contributed by atoms with Gasteiger partial charge in [0.2, 0.25) is 5.91 Å². The van der Waals surface area contributed by atoms with Crippen LogP contribution in [0.1, 0.15) is 24.1 Å². The second-order valence-electron chi connectivity index (χ2n) is 5.63. The highest BCUT2D eigenvalue weighted by Gasteiger charge is 2.22. The minimum atomic E-state index is -0.911. The lowest BCUT2D eigenvalue weighted by atomic mass is 9.94. The molecule has 1 amide bonds. The van der Waals surface area contributed by atoms with Gasteiger partial charge in [0.15, 0.2) is 0 Å². The lowest BCUT2D eigenvalue weighted by Gasteiger charge is -2.20. The summed E-state index contributed by atoms with van der Waals surface area (Å²) in [5, 5.41) is 2.89. The third-order valence-electron chi connectivity index (χ3n) is 3.70. The van der Waals surface area contributed by atoms with E-state index in [-0.39, 0.29) is 17.9 Å². The molecule has 0 saturated carbocycles. The number of rotatable bonds is 6. The Morgan fingerprint density at radius 3 is 2.52 bits per heavy atom. The SMILES string of the molecule is CC(C(=O)Nc1cccc(CS(C)=O)c1)C(N)c1ccccc1. The second-order valence-corrected chi connectivity index (χ2v) is 7.07. The van der Waals surface area contributed by atoms with Crippen LogP contribution in [0, 0.1) is 5.92 Å². The monoisotopic (exact) mass is 330 g/mol. The summed E-state index contributed by atoms with van der Waals surface area (Å²) in [7, 11) is -0.911. The molecular weight excluding hydrogens is 308 g/mol. The van der Waals surface area contributed by atoms with Gasteiger partial charge in [-0.25, -0.2) is 0 Å². The Morgan fingerprint density at radius 1 is 1.17 bits per heavy atom. The number of nitrogens with one attached hydrogen (secondary N) is 1. The summed E-state index contributed by atoms with van der Waals surface area (Å²) in [6, 6.07) is 16.6. The molecule has 0 bridgehead atoms. The Labute approximate surface area is 139 Å². The number of nitrogens with two attached hydrogens (primary N) is 1. The first-order valence-electron chi connectivity index (χ1n) is 7.47. The molecule has 0 heterocycles. The zero-order valence-electron chi connectivity index (χ0n) is 13.4. The zero-order valence-corrected chi connectivity index (χ0v) is 14.2. The van der Waals surface area contributed by atoms with Gasteiger partial charge in [0.25, 0.3) is 0 Å². The zero-order chi connectivity index (χ0) is 16.8. The van der Waals surface area contributed by atoms with Crippen molar-refractivity contribution in [2.75, 3.05) is 11.6 Å². The van der Waals surface area contributed by atoms with Crippen LogP contribution in [-0.4, -0.2) is 16.4 Å². The standard InChI is InChI=1S/C18H22N2O2S/c1-13(17(19)15-8-4-3-5-9-15)18(21)20-16-10-6-7-14(11-16)12-23(2)22/h3-11,13,17H,12,19H2,1-2H3,(H,20,21). The van der Waals surface area contributed by atoms with E-state index < -0.39 is 10.8 Å². The Bertz CT molecular complexity index is 688. The maximum atomic E-state index is 12.4.